The monoisotopic (exact) mass is 328 g/mol. The van der Waals surface area contributed by atoms with Gasteiger partial charge in [-0.3, -0.25) is 4.79 Å². The van der Waals surface area contributed by atoms with E-state index in [9.17, 15) is 18.0 Å². The van der Waals surface area contributed by atoms with Crippen molar-refractivity contribution >= 4 is 17.7 Å². The van der Waals surface area contributed by atoms with E-state index in [1.807, 2.05) is 0 Å². The van der Waals surface area contributed by atoms with Crippen molar-refractivity contribution in [2.24, 2.45) is 0 Å². The third-order valence-corrected chi connectivity index (χ3v) is 4.02. The molecule has 0 saturated carbocycles. The van der Waals surface area contributed by atoms with E-state index in [2.05, 4.69) is 6.92 Å². The van der Waals surface area contributed by atoms with Crippen LogP contribution in [0.4, 0.5) is 13.2 Å². The van der Waals surface area contributed by atoms with Gasteiger partial charge in [0.1, 0.15) is 10.9 Å². The van der Waals surface area contributed by atoms with Crippen LogP contribution >= 0.6 is 11.8 Å². The Kier molecular flexibility index (Phi) is 9.41. The number of unbranched alkanes of at least 4 members (excludes halogenated alkanes) is 2. The van der Waals surface area contributed by atoms with Crippen LogP contribution in [0.5, 0.6) is 0 Å². The van der Waals surface area contributed by atoms with E-state index in [1.165, 1.54) is 11.8 Å². The van der Waals surface area contributed by atoms with Crippen molar-refractivity contribution in [2.75, 3.05) is 5.75 Å². The minimum atomic E-state index is -4.12. The summed E-state index contributed by atoms with van der Waals surface area (Å²) in [5.74, 6) is 0.0193. The summed E-state index contributed by atoms with van der Waals surface area (Å²) in [6.45, 7) is 7.45. The van der Waals surface area contributed by atoms with Gasteiger partial charge in [0.25, 0.3) is 0 Å². The second kappa shape index (κ2) is 9.59. The molecule has 0 bridgehead atoms. The number of rotatable bonds is 9. The van der Waals surface area contributed by atoms with E-state index in [1.54, 1.807) is 20.8 Å². The molecule has 0 aliphatic rings. The predicted octanol–water partition coefficient (Wildman–Crippen LogP) is 5.35. The van der Waals surface area contributed by atoms with Gasteiger partial charge in [-0.25, -0.2) is 0 Å². The molecular weight excluding hydrogens is 301 g/mol. The molecule has 0 aliphatic heterocycles. The van der Waals surface area contributed by atoms with E-state index < -0.39 is 18.2 Å². The highest BCUT2D eigenvalue weighted by Crippen LogP contribution is 2.26. The van der Waals surface area contributed by atoms with Crippen molar-refractivity contribution in [1.82, 2.24) is 0 Å². The molecule has 1 atom stereocenters. The van der Waals surface area contributed by atoms with Gasteiger partial charge in [0.05, 0.1) is 0 Å². The molecule has 0 saturated heterocycles. The fourth-order valence-electron chi connectivity index (χ4n) is 1.71. The summed E-state index contributed by atoms with van der Waals surface area (Å²) in [5.41, 5.74) is -0.563. The number of carbonyl (C=O) groups is 1. The SMILES string of the molecule is CCCCCC(SCCCC(F)(F)F)C(=O)OC(C)(C)C. The van der Waals surface area contributed by atoms with Gasteiger partial charge >= 0.3 is 12.1 Å². The van der Waals surface area contributed by atoms with Gasteiger partial charge in [-0.15, -0.1) is 11.8 Å². The molecular formula is C15H27F3O2S. The molecule has 6 heteroatoms. The van der Waals surface area contributed by atoms with Crippen molar-refractivity contribution in [3.8, 4) is 0 Å². The lowest BCUT2D eigenvalue weighted by Gasteiger charge is -2.24. The lowest BCUT2D eigenvalue weighted by Crippen LogP contribution is -2.30. The average Bonchev–Trinajstić information content (AvgIpc) is 2.28. The maximum absolute atomic E-state index is 12.1. The summed E-state index contributed by atoms with van der Waals surface area (Å²) in [6.07, 6.45) is -1.25. The number of esters is 1. The Hall–Kier alpha value is -0.390. The summed E-state index contributed by atoms with van der Waals surface area (Å²) in [6, 6.07) is 0. The summed E-state index contributed by atoms with van der Waals surface area (Å²) < 4.78 is 41.7. The fraction of sp³-hybridized carbons (Fsp3) is 0.933. The van der Waals surface area contributed by atoms with Gasteiger partial charge in [0.15, 0.2) is 0 Å². The Balaban J connectivity index is 4.28. The number of halogens is 3. The number of thioether (sulfide) groups is 1. The van der Waals surface area contributed by atoms with Gasteiger partial charge in [-0.1, -0.05) is 26.2 Å². The topological polar surface area (TPSA) is 26.3 Å². The van der Waals surface area contributed by atoms with E-state index >= 15 is 0 Å². The second-order valence-corrected chi connectivity index (χ2v) is 7.42. The zero-order valence-electron chi connectivity index (χ0n) is 13.4. The molecule has 0 aromatic rings. The van der Waals surface area contributed by atoms with Crippen molar-refractivity contribution in [2.45, 2.75) is 83.2 Å². The molecule has 0 N–H and O–H groups in total. The second-order valence-electron chi connectivity index (χ2n) is 6.11. The van der Waals surface area contributed by atoms with E-state index in [0.29, 0.717) is 12.2 Å². The van der Waals surface area contributed by atoms with Crippen LogP contribution in [0.25, 0.3) is 0 Å². The Labute approximate surface area is 130 Å². The Bertz CT molecular complexity index is 298. The van der Waals surface area contributed by atoms with Gasteiger partial charge in [0, 0.05) is 6.42 Å². The minimum Gasteiger partial charge on any atom is -0.459 e. The van der Waals surface area contributed by atoms with Gasteiger partial charge in [-0.05, 0) is 39.4 Å². The normalized spacial score (nSPS) is 14.0. The molecule has 21 heavy (non-hydrogen) atoms. The van der Waals surface area contributed by atoms with Crippen molar-refractivity contribution in [1.29, 1.82) is 0 Å². The molecule has 0 aliphatic carbocycles. The van der Waals surface area contributed by atoms with Crippen LogP contribution in [0.3, 0.4) is 0 Å². The van der Waals surface area contributed by atoms with Crippen LogP contribution in [0.2, 0.25) is 0 Å². The van der Waals surface area contributed by atoms with Crippen LogP contribution in [-0.4, -0.2) is 28.7 Å². The third-order valence-electron chi connectivity index (χ3n) is 2.66. The standard InChI is InChI=1S/C15H27F3O2S/c1-5-6-7-9-12(13(19)20-14(2,3)4)21-11-8-10-15(16,17)18/h12H,5-11H2,1-4H3. The quantitative estimate of drug-likeness (QED) is 0.421. The van der Waals surface area contributed by atoms with E-state index in [-0.39, 0.29) is 17.6 Å². The number of hydrogen-bond donors (Lipinski definition) is 0. The first kappa shape index (κ1) is 20.6. The maximum Gasteiger partial charge on any atom is 0.389 e. The Morgan fingerprint density at radius 3 is 2.24 bits per heavy atom. The average molecular weight is 328 g/mol. The Morgan fingerprint density at radius 1 is 1.14 bits per heavy atom. The van der Waals surface area contributed by atoms with Gasteiger partial charge in [-0.2, -0.15) is 13.2 Å². The number of carbonyl (C=O) groups excluding carboxylic acids is 1. The number of ether oxygens (including phenoxy) is 1. The summed E-state index contributed by atoms with van der Waals surface area (Å²) in [4.78, 5) is 12.1. The van der Waals surface area contributed by atoms with Crippen LogP contribution < -0.4 is 0 Å². The molecule has 0 aromatic heterocycles. The number of alkyl halides is 3. The summed E-state index contributed by atoms with van der Waals surface area (Å²) >= 11 is 1.29. The molecule has 0 radical (unpaired) electrons. The molecule has 126 valence electrons. The van der Waals surface area contributed by atoms with Crippen LogP contribution in [-0.2, 0) is 9.53 Å². The highest BCUT2D eigenvalue weighted by molar-refractivity contribution is 8.00. The van der Waals surface area contributed by atoms with Crippen LogP contribution in [0, 0.1) is 0 Å². The first-order valence-electron chi connectivity index (χ1n) is 7.46. The van der Waals surface area contributed by atoms with Crippen LogP contribution in [0.15, 0.2) is 0 Å². The molecule has 0 spiro atoms. The summed E-state index contributed by atoms with van der Waals surface area (Å²) in [7, 11) is 0. The van der Waals surface area contributed by atoms with Crippen molar-refractivity contribution < 1.29 is 22.7 Å². The maximum atomic E-state index is 12.1. The molecule has 0 fully saturated rings. The van der Waals surface area contributed by atoms with Crippen molar-refractivity contribution in [3.05, 3.63) is 0 Å². The molecule has 0 amide bonds. The fourth-order valence-corrected chi connectivity index (χ4v) is 2.83. The largest absolute Gasteiger partial charge is 0.459 e. The van der Waals surface area contributed by atoms with Crippen LogP contribution in [0.1, 0.15) is 66.2 Å². The first-order valence-corrected chi connectivity index (χ1v) is 8.51. The lowest BCUT2D eigenvalue weighted by molar-refractivity contribution is -0.154. The zero-order valence-corrected chi connectivity index (χ0v) is 14.2. The molecule has 0 rings (SSSR count). The third kappa shape index (κ3) is 13.0. The smallest absolute Gasteiger partial charge is 0.389 e. The van der Waals surface area contributed by atoms with Gasteiger partial charge < -0.3 is 4.74 Å². The number of hydrogen-bond acceptors (Lipinski definition) is 3. The lowest BCUT2D eigenvalue weighted by atomic mass is 10.1. The van der Waals surface area contributed by atoms with Gasteiger partial charge in [0.2, 0.25) is 0 Å². The highest BCUT2D eigenvalue weighted by atomic mass is 32.2. The van der Waals surface area contributed by atoms with E-state index in [4.69, 9.17) is 4.74 Å². The predicted molar refractivity (Wildman–Crippen MR) is 81.5 cm³/mol. The highest BCUT2D eigenvalue weighted by Gasteiger charge is 2.28. The molecule has 1 unspecified atom stereocenters. The minimum absolute atomic E-state index is 0.0429. The zero-order chi connectivity index (χ0) is 16.5. The summed E-state index contributed by atoms with van der Waals surface area (Å²) in [5, 5.41) is -0.357. The molecule has 0 heterocycles. The first-order chi connectivity index (χ1) is 9.55. The van der Waals surface area contributed by atoms with Crippen molar-refractivity contribution in [3.63, 3.8) is 0 Å². The molecule has 0 aromatic carbocycles. The Morgan fingerprint density at radius 2 is 1.76 bits per heavy atom. The van der Waals surface area contributed by atoms with E-state index in [0.717, 1.165) is 19.3 Å². The molecule has 2 nitrogen and oxygen atoms in total.